The lowest BCUT2D eigenvalue weighted by atomic mass is 10.0. The maximum atomic E-state index is 12.1. The second kappa shape index (κ2) is 35.6. The molecule has 0 aromatic heterocycles. The van der Waals surface area contributed by atoms with Crippen LogP contribution in [0.3, 0.4) is 0 Å². The van der Waals surface area contributed by atoms with Gasteiger partial charge in [-0.2, -0.15) is 0 Å². The van der Waals surface area contributed by atoms with Crippen LogP contribution in [-0.2, 0) is 14.3 Å². The number of esters is 1. The fourth-order valence-electron chi connectivity index (χ4n) is 5.62. The van der Waals surface area contributed by atoms with Crippen LogP contribution in [0.25, 0.3) is 0 Å². The van der Waals surface area contributed by atoms with Crippen LogP contribution in [-0.4, -0.2) is 37.0 Å². The van der Waals surface area contributed by atoms with Crippen LogP contribution in [0.4, 0.5) is 0 Å². The van der Waals surface area contributed by atoms with Crippen molar-refractivity contribution in [2.45, 2.75) is 213 Å². The molecule has 0 bridgehead atoms. The van der Waals surface area contributed by atoms with Gasteiger partial charge in [0.05, 0.1) is 13.2 Å². The van der Waals surface area contributed by atoms with Crippen molar-refractivity contribution in [3.05, 3.63) is 0 Å². The van der Waals surface area contributed by atoms with Gasteiger partial charge in [0.2, 0.25) is 0 Å². The number of rotatable bonds is 35. The third kappa shape index (κ3) is 33.8. The molecule has 0 aliphatic heterocycles. The number of hydrogen-bond acceptors (Lipinski definition) is 4. The van der Waals surface area contributed by atoms with E-state index in [1.165, 1.54) is 167 Å². The molecule has 0 fully saturated rings. The minimum Gasteiger partial charge on any atom is -0.457 e. The Morgan fingerprint density at radius 1 is 0.488 bits per heavy atom. The topological polar surface area (TPSA) is 55.8 Å². The first-order chi connectivity index (χ1) is 20.2. The summed E-state index contributed by atoms with van der Waals surface area (Å²) in [4.78, 5) is 12.1. The molecule has 0 aromatic carbocycles. The highest BCUT2D eigenvalue weighted by atomic mass is 16.6. The van der Waals surface area contributed by atoms with E-state index >= 15 is 0 Å². The summed E-state index contributed by atoms with van der Waals surface area (Å²) in [6, 6.07) is 0. The number of aliphatic hydroxyl groups is 1. The Morgan fingerprint density at radius 3 is 1.15 bits per heavy atom. The third-order valence-corrected chi connectivity index (χ3v) is 8.43. The van der Waals surface area contributed by atoms with Crippen molar-refractivity contribution in [3.63, 3.8) is 0 Å². The molecule has 0 rings (SSSR count). The summed E-state index contributed by atoms with van der Waals surface area (Å²) in [7, 11) is 0. The minimum atomic E-state index is -0.522. The zero-order valence-corrected chi connectivity index (χ0v) is 28.1. The van der Waals surface area contributed by atoms with E-state index in [2.05, 4.69) is 13.8 Å². The normalized spacial score (nSPS) is 12.2. The maximum Gasteiger partial charge on any atom is 0.306 e. The molecule has 1 unspecified atom stereocenters. The zero-order chi connectivity index (χ0) is 29.9. The van der Waals surface area contributed by atoms with Crippen LogP contribution in [0, 0.1) is 0 Å². The smallest absolute Gasteiger partial charge is 0.306 e. The first-order valence-corrected chi connectivity index (χ1v) is 18.6. The minimum absolute atomic E-state index is 0.164. The second-order valence-electron chi connectivity index (χ2n) is 12.7. The molecule has 0 amide bonds. The fourth-order valence-corrected chi connectivity index (χ4v) is 5.62. The van der Waals surface area contributed by atoms with Crippen molar-refractivity contribution in [2.75, 3.05) is 19.8 Å². The molecule has 0 saturated heterocycles. The van der Waals surface area contributed by atoms with Gasteiger partial charge in [0, 0.05) is 13.0 Å². The van der Waals surface area contributed by atoms with E-state index in [0.717, 1.165) is 19.3 Å². The van der Waals surface area contributed by atoms with Crippen molar-refractivity contribution in [2.24, 2.45) is 0 Å². The fraction of sp³-hybridized carbons (Fsp3) is 0.973. The Morgan fingerprint density at radius 2 is 0.805 bits per heavy atom. The summed E-state index contributed by atoms with van der Waals surface area (Å²) >= 11 is 0. The van der Waals surface area contributed by atoms with Gasteiger partial charge in [0.15, 0.2) is 0 Å². The number of unbranched alkanes of at least 4 members (excludes halogenated alkanes) is 27. The van der Waals surface area contributed by atoms with Crippen molar-refractivity contribution < 1.29 is 19.4 Å². The van der Waals surface area contributed by atoms with Gasteiger partial charge >= 0.3 is 5.97 Å². The summed E-state index contributed by atoms with van der Waals surface area (Å²) in [5, 5.41) is 9.53. The second-order valence-corrected chi connectivity index (χ2v) is 12.7. The number of hydrogen-bond donors (Lipinski definition) is 1. The molecule has 41 heavy (non-hydrogen) atoms. The number of ether oxygens (including phenoxy) is 2. The van der Waals surface area contributed by atoms with E-state index in [9.17, 15) is 9.90 Å². The van der Waals surface area contributed by atoms with E-state index < -0.39 is 6.10 Å². The van der Waals surface area contributed by atoms with Gasteiger partial charge in [0.25, 0.3) is 0 Å². The quantitative estimate of drug-likeness (QED) is 0.0596. The Labute approximate surface area is 257 Å². The Hall–Kier alpha value is -0.610. The van der Waals surface area contributed by atoms with Crippen LogP contribution in [0.2, 0.25) is 0 Å². The molecule has 246 valence electrons. The van der Waals surface area contributed by atoms with Crippen LogP contribution in [0.5, 0.6) is 0 Å². The lowest BCUT2D eigenvalue weighted by Crippen LogP contribution is -2.27. The molecule has 1 N–H and O–H groups in total. The van der Waals surface area contributed by atoms with Crippen molar-refractivity contribution in [3.8, 4) is 0 Å². The van der Waals surface area contributed by atoms with Gasteiger partial charge in [-0.05, 0) is 12.8 Å². The van der Waals surface area contributed by atoms with Crippen molar-refractivity contribution in [1.29, 1.82) is 0 Å². The van der Waals surface area contributed by atoms with E-state index in [1.54, 1.807) is 0 Å². The maximum absolute atomic E-state index is 12.1. The largest absolute Gasteiger partial charge is 0.457 e. The zero-order valence-electron chi connectivity index (χ0n) is 28.1. The monoisotopic (exact) mass is 583 g/mol. The van der Waals surface area contributed by atoms with Crippen LogP contribution in [0.15, 0.2) is 0 Å². The predicted octanol–water partition coefficient (Wildman–Crippen LogP) is 11.6. The summed E-state index contributed by atoms with van der Waals surface area (Å²) in [5.41, 5.74) is 0. The van der Waals surface area contributed by atoms with E-state index in [4.69, 9.17) is 9.47 Å². The lowest BCUT2D eigenvalue weighted by Gasteiger charge is -2.16. The van der Waals surface area contributed by atoms with Gasteiger partial charge in [-0.25, -0.2) is 0 Å². The summed E-state index contributed by atoms with van der Waals surface area (Å²) in [5.74, 6) is -0.196. The number of carbonyl (C=O) groups excluding carboxylic acids is 1. The molecule has 1 atom stereocenters. The first kappa shape index (κ1) is 40.4. The van der Waals surface area contributed by atoms with Gasteiger partial charge in [-0.15, -0.1) is 0 Å². The van der Waals surface area contributed by atoms with Gasteiger partial charge in [-0.3, -0.25) is 4.79 Å². The molecule has 4 heteroatoms. The molecular weight excluding hydrogens is 508 g/mol. The third-order valence-electron chi connectivity index (χ3n) is 8.43. The molecule has 0 aliphatic carbocycles. The average Bonchev–Trinajstić information content (AvgIpc) is 2.98. The Bertz CT molecular complexity index is 495. The van der Waals surface area contributed by atoms with E-state index in [0.29, 0.717) is 19.6 Å². The standard InChI is InChI=1S/C37H74O4/c1-3-5-7-9-11-13-15-16-17-18-19-20-21-22-23-24-26-28-30-32-37(39)41-36(34-38)35-40-33-31-29-27-25-14-12-10-8-6-4-2/h36,38H,3-35H2,1-2H3. The highest BCUT2D eigenvalue weighted by molar-refractivity contribution is 5.69. The SMILES string of the molecule is CCCCCCCCCCCCCCCCCCCCCC(=O)OC(CO)COCCCCCCCCCCCC. The predicted molar refractivity (Wildman–Crippen MR) is 178 cm³/mol. The summed E-state index contributed by atoms with van der Waals surface area (Å²) in [6.45, 7) is 5.38. The molecule has 0 saturated carbocycles. The Kier molecular flexibility index (Phi) is 35.1. The van der Waals surface area contributed by atoms with Gasteiger partial charge in [-0.1, -0.05) is 187 Å². The molecule has 0 aliphatic rings. The number of carbonyl (C=O) groups is 1. The summed E-state index contributed by atoms with van der Waals surface area (Å²) in [6.07, 6.45) is 38.6. The van der Waals surface area contributed by atoms with Crippen molar-refractivity contribution in [1.82, 2.24) is 0 Å². The lowest BCUT2D eigenvalue weighted by molar-refractivity contribution is -0.154. The van der Waals surface area contributed by atoms with Gasteiger partial charge in [0.1, 0.15) is 6.10 Å². The molecule has 0 radical (unpaired) electrons. The van der Waals surface area contributed by atoms with Crippen LogP contribution < -0.4 is 0 Å². The average molecular weight is 583 g/mol. The van der Waals surface area contributed by atoms with E-state index in [1.807, 2.05) is 0 Å². The molecule has 0 spiro atoms. The molecular formula is C37H74O4. The van der Waals surface area contributed by atoms with Crippen LogP contribution >= 0.6 is 0 Å². The van der Waals surface area contributed by atoms with Crippen molar-refractivity contribution >= 4 is 5.97 Å². The molecule has 0 aromatic rings. The molecule has 4 nitrogen and oxygen atoms in total. The van der Waals surface area contributed by atoms with Gasteiger partial charge < -0.3 is 14.6 Å². The highest BCUT2D eigenvalue weighted by Crippen LogP contribution is 2.15. The number of aliphatic hydroxyl groups excluding tert-OH is 1. The molecule has 0 heterocycles. The Balaban J connectivity index is 3.36. The van der Waals surface area contributed by atoms with E-state index in [-0.39, 0.29) is 12.6 Å². The van der Waals surface area contributed by atoms with Crippen LogP contribution in [0.1, 0.15) is 206 Å². The summed E-state index contributed by atoms with van der Waals surface area (Å²) < 4.78 is 11.1. The first-order valence-electron chi connectivity index (χ1n) is 18.6. The highest BCUT2D eigenvalue weighted by Gasteiger charge is 2.13.